The van der Waals surface area contributed by atoms with E-state index in [0.717, 1.165) is 25.1 Å². The van der Waals surface area contributed by atoms with Crippen LogP contribution in [0, 0.1) is 0 Å². The molecule has 3 atom stereocenters. The molecule has 1 aromatic rings. The van der Waals surface area contributed by atoms with Gasteiger partial charge in [-0.05, 0) is 31.0 Å². The maximum Gasteiger partial charge on any atom is 0.416 e. The van der Waals surface area contributed by atoms with Crippen molar-refractivity contribution in [2.24, 2.45) is 0 Å². The van der Waals surface area contributed by atoms with Crippen LogP contribution in [0.5, 0.6) is 0 Å². The number of piperazine rings is 1. The Bertz CT molecular complexity index is 490. The van der Waals surface area contributed by atoms with Crippen molar-refractivity contribution in [1.29, 1.82) is 0 Å². The zero-order valence-electron chi connectivity index (χ0n) is 13.9. The molecule has 1 aliphatic rings. The summed E-state index contributed by atoms with van der Waals surface area (Å²) in [6.07, 6.45) is -3.44. The van der Waals surface area contributed by atoms with Gasteiger partial charge in [0.1, 0.15) is 0 Å². The van der Waals surface area contributed by atoms with E-state index < -0.39 is 11.7 Å². The standard InChI is InChI=1S/C17H25F3N2O/c1-4-16(13-5-7-14(8-6-13)17(18,19)20)22-10-12(2)21-9-15(22)11-23-3/h5-8,12,15-16,21H,4,9-11H2,1-3H3/t12?,15-,16?/m0/s1. The Morgan fingerprint density at radius 2 is 1.96 bits per heavy atom. The zero-order valence-corrected chi connectivity index (χ0v) is 13.9. The van der Waals surface area contributed by atoms with Crippen LogP contribution < -0.4 is 5.32 Å². The molecule has 3 nitrogen and oxygen atoms in total. The van der Waals surface area contributed by atoms with Gasteiger partial charge in [0, 0.05) is 38.3 Å². The van der Waals surface area contributed by atoms with E-state index in [0.29, 0.717) is 12.6 Å². The summed E-state index contributed by atoms with van der Waals surface area (Å²) in [6, 6.07) is 6.24. The summed E-state index contributed by atoms with van der Waals surface area (Å²) in [7, 11) is 1.68. The molecule has 23 heavy (non-hydrogen) atoms. The highest BCUT2D eigenvalue weighted by molar-refractivity contribution is 5.27. The highest BCUT2D eigenvalue weighted by Crippen LogP contribution is 2.32. The fourth-order valence-corrected chi connectivity index (χ4v) is 3.27. The molecule has 0 radical (unpaired) electrons. The van der Waals surface area contributed by atoms with Gasteiger partial charge in [0.05, 0.1) is 12.2 Å². The first kappa shape index (κ1) is 18.2. The van der Waals surface area contributed by atoms with Crippen molar-refractivity contribution in [3.63, 3.8) is 0 Å². The molecule has 0 aromatic heterocycles. The fraction of sp³-hybridized carbons (Fsp3) is 0.647. The Morgan fingerprint density at radius 3 is 2.48 bits per heavy atom. The molecule has 0 spiro atoms. The third-order valence-corrected chi connectivity index (χ3v) is 4.42. The van der Waals surface area contributed by atoms with Crippen molar-refractivity contribution in [2.75, 3.05) is 26.8 Å². The summed E-state index contributed by atoms with van der Waals surface area (Å²) in [4.78, 5) is 2.35. The van der Waals surface area contributed by atoms with Gasteiger partial charge in [-0.1, -0.05) is 19.1 Å². The van der Waals surface area contributed by atoms with Crippen molar-refractivity contribution in [2.45, 2.75) is 44.6 Å². The average molecular weight is 330 g/mol. The maximum absolute atomic E-state index is 12.7. The molecule has 0 amide bonds. The molecule has 0 aliphatic carbocycles. The van der Waals surface area contributed by atoms with Gasteiger partial charge in [-0.3, -0.25) is 4.90 Å². The predicted octanol–water partition coefficient (Wildman–Crippen LogP) is 3.47. The van der Waals surface area contributed by atoms with Crippen molar-refractivity contribution in [1.82, 2.24) is 10.2 Å². The van der Waals surface area contributed by atoms with Crippen molar-refractivity contribution < 1.29 is 17.9 Å². The molecule has 0 bridgehead atoms. The number of hydrogen-bond donors (Lipinski definition) is 1. The molecule has 130 valence electrons. The number of nitrogens with zero attached hydrogens (tertiary/aromatic N) is 1. The van der Waals surface area contributed by atoms with Crippen LogP contribution in [0.3, 0.4) is 0 Å². The average Bonchev–Trinajstić information content (AvgIpc) is 2.50. The van der Waals surface area contributed by atoms with Crippen LogP contribution in [-0.4, -0.2) is 43.8 Å². The zero-order chi connectivity index (χ0) is 17.0. The molecule has 1 aliphatic heterocycles. The quantitative estimate of drug-likeness (QED) is 0.895. The Balaban J connectivity index is 2.22. The maximum atomic E-state index is 12.7. The van der Waals surface area contributed by atoms with Crippen LogP contribution in [0.4, 0.5) is 13.2 Å². The number of halogens is 3. The lowest BCUT2D eigenvalue weighted by atomic mass is 9.97. The Labute approximate surface area is 135 Å². The highest BCUT2D eigenvalue weighted by Gasteiger charge is 2.33. The van der Waals surface area contributed by atoms with E-state index in [1.54, 1.807) is 19.2 Å². The van der Waals surface area contributed by atoms with Crippen molar-refractivity contribution in [3.8, 4) is 0 Å². The van der Waals surface area contributed by atoms with Crippen LogP contribution >= 0.6 is 0 Å². The topological polar surface area (TPSA) is 24.5 Å². The van der Waals surface area contributed by atoms with Gasteiger partial charge < -0.3 is 10.1 Å². The molecule has 1 heterocycles. The first-order valence-corrected chi connectivity index (χ1v) is 8.02. The van der Waals surface area contributed by atoms with E-state index in [-0.39, 0.29) is 12.1 Å². The van der Waals surface area contributed by atoms with E-state index >= 15 is 0 Å². The van der Waals surface area contributed by atoms with Crippen LogP contribution in [0.1, 0.15) is 37.4 Å². The summed E-state index contributed by atoms with van der Waals surface area (Å²) >= 11 is 0. The van der Waals surface area contributed by atoms with Gasteiger partial charge in [-0.15, -0.1) is 0 Å². The fourth-order valence-electron chi connectivity index (χ4n) is 3.27. The number of alkyl halides is 3. The van der Waals surface area contributed by atoms with Crippen LogP contribution in [0.15, 0.2) is 24.3 Å². The smallest absolute Gasteiger partial charge is 0.383 e. The van der Waals surface area contributed by atoms with Gasteiger partial charge >= 0.3 is 6.18 Å². The van der Waals surface area contributed by atoms with Gasteiger partial charge in [-0.25, -0.2) is 0 Å². The second-order valence-corrected chi connectivity index (χ2v) is 6.16. The third-order valence-electron chi connectivity index (χ3n) is 4.42. The Morgan fingerprint density at radius 1 is 1.30 bits per heavy atom. The van der Waals surface area contributed by atoms with Crippen molar-refractivity contribution >= 4 is 0 Å². The summed E-state index contributed by atoms with van der Waals surface area (Å²) in [5, 5.41) is 3.44. The lowest BCUT2D eigenvalue weighted by molar-refractivity contribution is -0.137. The van der Waals surface area contributed by atoms with E-state index in [4.69, 9.17) is 4.74 Å². The molecule has 1 aromatic carbocycles. The molecule has 1 N–H and O–H groups in total. The van der Waals surface area contributed by atoms with Gasteiger partial charge in [0.15, 0.2) is 0 Å². The number of hydrogen-bond acceptors (Lipinski definition) is 3. The van der Waals surface area contributed by atoms with Crippen molar-refractivity contribution in [3.05, 3.63) is 35.4 Å². The number of nitrogens with one attached hydrogen (secondary N) is 1. The summed E-state index contributed by atoms with van der Waals surface area (Å²) in [6.45, 7) is 6.48. The van der Waals surface area contributed by atoms with E-state index in [1.165, 1.54) is 12.1 Å². The lowest BCUT2D eigenvalue weighted by Gasteiger charge is -2.43. The second-order valence-electron chi connectivity index (χ2n) is 6.16. The number of rotatable bonds is 5. The van der Waals surface area contributed by atoms with Gasteiger partial charge in [-0.2, -0.15) is 13.2 Å². The molecular formula is C17H25F3N2O. The molecular weight excluding hydrogens is 305 g/mol. The minimum absolute atomic E-state index is 0.0991. The molecule has 6 heteroatoms. The van der Waals surface area contributed by atoms with E-state index in [9.17, 15) is 13.2 Å². The molecule has 2 rings (SSSR count). The van der Waals surface area contributed by atoms with E-state index in [2.05, 4.69) is 24.1 Å². The number of methoxy groups -OCH3 is 1. The second kappa shape index (κ2) is 7.64. The van der Waals surface area contributed by atoms with Gasteiger partial charge in [0.25, 0.3) is 0 Å². The Kier molecular flexibility index (Phi) is 6.06. The summed E-state index contributed by atoms with van der Waals surface area (Å²) < 4.78 is 43.5. The first-order valence-electron chi connectivity index (χ1n) is 8.02. The molecule has 1 fully saturated rings. The minimum atomic E-state index is -4.29. The van der Waals surface area contributed by atoms with Crippen LogP contribution in [-0.2, 0) is 10.9 Å². The highest BCUT2D eigenvalue weighted by atomic mass is 19.4. The minimum Gasteiger partial charge on any atom is -0.383 e. The number of benzene rings is 1. The summed E-state index contributed by atoms with van der Waals surface area (Å²) in [5.41, 5.74) is 0.328. The largest absolute Gasteiger partial charge is 0.416 e. The molecule has 1 saturated heterocycles. The normalized spacial score (nSPS) is 24.6. The predicted molar refractivity (Wildman–Crippen MR) is 84.3 cm³/mol. The SMILES string of the molecule is CCC(c1ccc(C(F)(F)F)cc1)N1CC(C)NC[C@H]1COC. The van der Waals surface area contributed by atoms with Crippen LogP contribution in [0.25, 0.3) is 0 Å². The molecule has 2 unspecified atom stereocenters. The van der Waals surface area contributed by atoms with Gasteiger partial charge in [0.2, 0.25) is 0 Å². The lowest BCUT2D eigenvalue weighted by Crippen LogP contribution is -2.57. The van der Waals surface area contributed by atoms with Crippen LogP contribution in [0.2, 0.25) is 0 Å². The Hall–Kier alpha value is -1.11. The first-order chi connectivity index (χ1) is 10.9. The third kappa shape index (κ3) is 4.46. The summed E-state index contributed by atoms with van der Waals surface area (Å²) in [5.74, 6) is 0. The number of ether oxygens (including phenoxy) is 1. The van der Waals surface area contributed by atoms with E-state index in [1.807, 2.05) is 0 Å². The monoisotopic (exact) mass is 330 g/mol. The molecule has 0 saturated carbocycles.